The fourth-order valence-electron chi connectivity index (χ4n) is 1.90. The second-order valence-electron chi connectivity index (χ2n) is 3.88. The van der Waals surface area contributed by atoms with E-state index in [0.717, 1.165) is 29.6 Å². The van der Waals surface area contributed by atoms with Crippen molar-refractivity contribution in [1.29, 1.82) is 0 Å². The molecule has 2 aromatic rings. The summed E-state index contributed by atoms with van der Waals surface area (Å²) in [5.74, 6) is 0. The maximum Gasteiger partial charge on any atom is 0.0894 e. The van der Waals surface area contributed by atoms with Crippen LogP contribution < -0.4 is 0 Å². The zero-order valence-corrected chi connectivity index (χ0v) is 10.9. The Balaban J connectivity index is 0.000000574. The van der Waals surface area contributed by atoms with Crippen LogP contribution in [0.3, 0.4) is 0 Å². The minimum absolute atomic E-state index is 0.951. The van der Waals surface area contributed by atoms with E-state index in [9.17, 15) is 0 Å². The number of aromatic nitrogens is 2. The largest absolute Gasteiger partial charge is 0.252 e. The summed E-state index contributed by atoms with van der Waals surface area (Å²) in [6.07, 6.45) is 10.6. The third kappa shape index (κ3) is 2.65. The first-order valence-electron chi connectivity index (χ1n) is 6.52. The first kappa shape index (κ1) is 12.5. The number of benzene rings is 1. The molecule has 1 aromatic carbocycles. The van der Waals surface area contributed by atoms with E-state index in [1.807, 2.05) is 44.3 Å². The van der Waals surface area contributed by atoms with Crippen molar-refractivity contribution in [1.82, 2.24) is 9.97 Å². The Morgan fingerprint density at radius 3 is 2.50 bits per heavy atom. The highest BCUT2D eigenvalue weighted by Gasteiger charge is 2.04. The lowest BCUT2D eigenvalue weighted by atomic mass is 10.0. The summed E-state index contributed by atoms with van der Waals surface area (Å²) in [5, 5.41) is 0. The molecule has 0 amide bonds. The first-order valence-corrected chi connectivity index (χ1v) is 6.52. The Labute approximate surface area is 108 Å². The van der Waals surface area contributed by atoms with E-state index < -0.39 is 0 Å². The summed E-state index contributed by atoms with van der Waals surface area (Å²) in [4.78, 5) is 9.04. The van der Waals surface area contributed by atoms with Gasteiger partial charge in [-0.1, -0.05) is 44.2 Å². The average Bonchev–Trinajstić information content (AvgIpc) is 2.50. The fourth-order valence-corrected chi connectivity index (χ4v) is 1.90. The second kappa shape index (κ2) is 6.10. The Morgan fingerprint density at radius 1 is 1.00 bits per heavy atom. The molecule has 92 valence electrons. The van der Waals surface area contributed by atoms with Gasteiger partial charge >= 0.3 is 0 Å². The van der Waals surface area contributed by atoms with Crippen molar-refractivity contribution in [3.8, 4) is 0 Å². The highest BCUT2D eigenvalue weighted by atomic mass is 14.8. The topological polar surface area (TPSA) is 25.8 Å². The lowest BCUT2D eigenvalue weighted by Gasteiger charge is -2.06. The van der Waals surface area contributed by atoms with Gasteiger partial charge in [0.15, 0.2) is 0 Å². The number of rotatable bonds is 1. The SMILES string of the molecule is C1=CC(c2cnc3ccccc3n2)=CCC1.CC. The zero-order valence-electron chi connectivity index (χ0n) is 10.9. The number of para-hydroxylation sites is 2. The summed E-state index contributed by atoms with van der Waals surface area (Å²) in [6.45, 7) is 4.00. The molecule has 1 aromatic heterocycles. The van der Waals surface area contributed by atoms with Gasteiger partial charge in [-0.3, -0.25) is 4.98 Å². The molecular weight excluding hydrogens is 220 g/mol. The van der Waals surface area contributed by atoms with Gasteiger partial charge in [-0.15, -0.1) is 0 Å². The normalized spacial score (nSPS) is 13.8. The maximum absolute atomic E-state index is 4.62. The van der Waals surface area contributed by atoms with Crippen LogP contribution in [-0.2, 0) is 0 Å². The van der Waals surface area contributed by atoms with Crippen molar-refractivity contribution in [2.24, 2.45) is 0 Å². The summed E-state index contributed by atoms with van der Waals surface area (Å²) >= 11 is 0. The van der Waals surface area contributed by atoms with Crippen LogP contribution in [0.15, 0.2) is 48.7 Å². The van der Waals surface area contributed by atoms with E-state index in [2.05, 4.69) is 28.2 Å². The Hall–Kier alpha value is -1.96. The van der Waals surface area contributed by atoms with E-state index in [-0.39, 0.29) is 0 Å². The lowest BCUT2D eigenvalue weighted by Crippen LogP contribution is -1.92. The molecule has 0 spiro atoms. The van der Waals surface area contributed by atoms with Gasteiger partial charge < -0.3 is 0 Å². The van der Waals surface area contributed by atoms with Gasteiger partial charge in [0.05, 0.1) is 22.9 Å². The van der Waals surface area contributed by atoms with Gasteiger partial charge in [0, 0.05) is 0 Å². The van der Waals surface area contributed by atoms with E-state index >= 15 is 0 Å². The van der Waals surface area contributed by atoms with Crippen LogP contribution in [0.2, 0.25) is 0 Å². The second-order valence-corrected chi connectivity index (χ2v) is 3.88. The summed E-state index contributed by atoms with van der Waals surface area (Å²) in [5.41, 5.74) is 4.06. The van der Waals surface area contributed by atoms with Gasteiger partial charge in [0.2, 0.25) is 0 Å². The minimum Gasteiger partial charge on any atom is -0.252 e. The van der Waals surface area contributed by atoms with E-state index in [4.69, 9.17) is 0 Å². The standard InChI is InChI=1S/C14H12N2.C2H6/c1-2-6-11(7-3-1)14-10-15-12-8-4-5-9-13(12)16-14;1-2/h2,4-10H,1,3H2;1-2H3. The molecule has 0 aliphatic heterocycles. The van der Waals surface area contributed by atoms with Crippen LogP contribution in [0.5, 0.6) is 0 Å². The maximum atomic E-state index is 4.62. The Kier molecular flexibility index (Phi) is 4.24. The number of hydrogen-bond acceptors (Lipinski definition) is 2. The van der Waals surface area contributed by atoms with Crippen molar-refractivity contribution < 1.29 is 0 Å². The van der Waals surface area contributed by atoms with Crippen molar-refractivity contribution in [3.05, 3.63) is 54.4 Å². The smallest absolute Gasteiger partial charge is 0.0894 e. The van der Waals surface area contributed by atoms with Crippen LogP contribution in [0.4, 0.5) is 0 Å². The monoisotopic (exact) mass is 238 g/mol. The van der Waals surface area contributed by atoms with Crippen LogP contribution in [0.25, 0.3) is 16.6 Å². The predicted molar refractivity (Wildman–Crippen MR) is 77.2 cm³/mol. The van der Waals surface area contributed by atoms with Crippen LogP contribution in [0.1, 0.15) is 32.4 Å². The summed E-state index contributed by atoms with van der Waals surface area (Å²) in [6, 6.07) is 7.96. The molecule has 0 bridgehead atoms. The van der Waals surface area contributed by atoms with Crippen LogP contribution in [-0.4, -0.2) is 9.97 Å². The Bertz CT molecular complexity index is 582. The summed E-state index contributed by atoms with van der Waals surface area (Å²) in [7, 11) is 0. The molecule has 1 heterocycles. The molecule has 18 heavy (non-hydrogen) atoms. The van der Waals surface area contributed by atoms with Gasteiger partial charge in [0.1, 0.15) is 0 Å². The van der Waals surface area contributed by atoms with Gasteiger partial charge in [0.25, 0.3) is 0 Å². The van der Waals surface area contributed by atoms with Crippen molar-refractivity contribution in [2.75, 3.05) is 0 Å². The third-order valence-corrected chi connectivity index (χ3v) is 2.74. The number of allylic oxidation sites excluding steroid dienone is 4. The molecule has 3 rings (SSSR count). The zero-order chi connectivity index (χ0) is 12.8. The van der Waals surface area contributed by atoms with E-state index in [1.54, 1.807) is 0 Å². The van der Waals surface area contributed by atoms with Crippen molar-refractivity contribution >= 4 is 16.6 Å². The van der Waals surface area contributed by atoms with E-state index in [0.29, 0.717) is 0 Å². The minimum atomic E-state index is 0.951. The molecular formula is C16H18N2. The number of nitrogens with zero attached hydrogens (tertiary/aromatic N) is 2. The quantitative estimate of drug-likeness (QED) is 0.736. The van der Waals surface area contributed by atoms with E-state index in [1.165, 1.54) is 5.57 Å². The molecule has 0 unspecified atom stereocenters. The molecule has 0 saturated heterocycles. The molecule has 0 saturated carbocycles. The molecule has 1 aliphatic rings. The van der Waals surface area contributed by atoms with Gasteiger partial charge in [-0.2, -0.15) is 0 Å². The lowest BCUT2D eigenvalue weighted by molar-refractivity contribution is 1.04. The number of hydrogen-bond donors (Lipinski definition) is 0. The number of fused-ring (bicyclic) bond motifs is 1. The molecule has 1 aliphatic carbocycles. The first-order chi connectivity index (χ1) is 8.93. The molecule has 2 nitrogen and oxygen atoms in total. The van der Waals surface area contributed by atoms with Gasteiger partial charge in [-0.25, -0.2) is 4.98 Å². The third-order valence-electron chi connectivity index (χ3n) is 2.74. The van der Waals surface area contributed by atoms with Crippen LogP contribution >= 0.6 is 0 Å². The highest BCUT2D eigenvalue weighted by molar-refractivity contribution is 5.79. The molecule has 0 radical (unpaired) electrons. The highest BCUT2D eigenvalue weighted by Crippen LogP contribution is 2.20. The van der Waals surface area contributed by atoms with Crippen LogP contribution in [0, 0.1) is 0 Å². The Morgan fingerprint density at radius 2 is 1.78 bits per heavy atom. The average molecular weight is 238 g/mol. The van der Waals surface area contributed by atoms with Gasteiger partial charge in [-0.05, 0) is 30.5 Å². The van der Waals surface area contributed by atoms with Crippen molar-refractivity contribution in [3.63, 3.8) is 0 Å². The molecule has 0 fully saturated rings. The van der Waals surface area contributed by atoms with Crippen molar-refractivity contribution in [2.45, 2.75) is 26.7 Å². The molecule has 0 N–H and O–H groups in total. The fraction of sp³-hybridized carbons (Fsp3) is 0.250. The molecule has 0 atom stereocenters. The molecule has 2 heteroatoms. The predicted octanol–water partition coefficient (Wildman–Crippen LogP) is 4.39. The summed E-state index contributed by atoms with van der Waals surface area (Å²) < 4.78 is 0.